The van der Waals surface area contributed by atoms with Crippen molar-refractivity contribution in [2.45, 2.75) is 4.90 Å². The van der Waals surface area contributed by atoms with Crippen molar-refractivity contribution >= 4 is 53.7 Å². The molecule has 0 aliphatic heterocycles. The van der Waals surface area contributed by atoms with Gasteiger partial charge < -0.3 is 9.66 Å². The Balaban J connectivity index is 0.00000294. The van der Waals surface area contributed by atoms with E-state index in [2.05, 4.69) is 15.2 Å². The van der Waals surface area contributed by atoms with Crippen molar-refractivity contribution < 1.29 is 100 Å². The van der Waals surface area contributed by atoms with Gasteiger partial charge in [-0.2, -0.15) is 0 Å². The molecule has 3 aromatic carbocycles. The van der Waals surface area contributed by atoms with Crippen LogP contribution in [0.5, 0.6) is 5.75 Å². The molecule has 200 valence electrons. The van der Waals surface area contributed by atoms with Crippen LogP contribution in [-0.2, 0) is 20.2 Å². The van der Waals surface area contributed by atoms with Crippen molar-refractivity contribution in [3.05, 3.63) is 99.6 Å². The van der Waals surface area contributed by atoms with Gasteiger partial charge in [0, 0.05) is 22.8 Å². The van der Waals surface area contributed by atoms with Gasteiger partial charge in [-0.3, -0.25) is 24.0 Å². The van der Waals surface area contributed by atoms with Crippen molar-refractivity contribution in [3.8, 4) is 5.75 Å². The molecule has 0 aromatic heterocycles. The first-order chi connectivity index (χ1) is 18.3. The molecule has 3 aromatic rings. The average molecular weight is 616 g/mol. The van der Waals surface area contributed by atoms with E-state index in [1.165, 1.54) is 24.3 Å². The van der Waals surface area contributed by atoms with Gasteiger partial charge in [0.1, 0.15) is 10.1 Å². The molecular formula is C23H14N4Na2O10S2. The number of hydrogen-bond donors (Lipinski definition) is 2. The second-order valence-electron chi connectivity index (χ2n) is 7.74. The number of fused-ring (bicyclic) bond motifs is 1. The van der Waals surface area contributed by atoms with Crippen LogP contribution in [0.2, 0.25) is 0 Å². The van der Waals surface area contributed by atoms with Gasteiger partial charge in [-0.1, -0.05) is 36.1 Å². The molecule has 0 fully saturated rings. The first-order valence-electron chi connectivity index (χ1n) is 10.5. The molecule has 0 radical (unpaired) electrons. The Labute approximate surface area is 277 Å². The molecule has 1 aliphatic carbocycles. The predicted octanol–water partition coefficient (Wildman–Crippen LogP) is -3.05. The van der Waals surface area contributed by atoms with E-state index in [4.69, 9.17) is 0 Å². The van der Waals surface area contributed by atoms with Crippen LogP contribution in [-0.4, -0.2) is 47.7 Å². The van der Waals surface area contributed by atoms with Crippen LogP contribution >= 0.6 is 0 Å². The number of aliphatic imine (C=N–C) groups is 1. The van der Waals surface area contributed by atoms with Crippen molar-refractivity contribution in [2.24, 2.45) is 15.2 Å². The number of para-hydroxylation sites is 1. The summed E-state index contributed by atoms with van der Waals surface area (Å²) in [7, 11) is -10.3. The Morgan fingerprint density at radius 2 is 1.51 bits per heavy atom. The van der Waals surface area contributed by atoms with Crippen molar-refractivity contribution in [2.75, 3.05) is 0 Å². The maximum atomic E-state index is 13.5. The zero-order valence-electron chi connectivity index (χ0n) is 21.2. The van der Waals surface area contributed by atoms with Gasteiger partial charge in [0.25, 0.3) is 11.6 Å². The molecule has 4 rings (SSSR count). The molecule has 14 nitrogen and oxygen atoms in total. The van der Waals surface area contributed by atoms with Crippen LogP contribution in [0.3, 0.4) is 0 Å². The first kappa shape index (κ1) is 34.6. The number of nitrogens with zero attached hydrogens (tertiary/aromatic N) is 4. The number of rotatable bonds is 5. The van der Waals surface area contributed by atoms with Gasteiger partial charge >= 0.3 is 59.1 Å². The van der Waals surface area contributed by atoms with Crippen LogP contribution in [0.25, 0.3) is 0 Å². The number of allylic oxidation sites excluding steroid dienone is 2. The van der Waals surface area contributed by atoms with E-state index < -0.39 is 74.8 Å². The standard InChI is InChI=1S/C23H16N4O10S2.2Na/c28-22-20-14(18(38(32,33)34)11-10-16(20)24-23(29)13-6-2-1-3-7-13)12-19(39(35,36)37)21(22)26-25-15-8-4-5-9-17(15)27(30)31;;/h1-12,28H,(H2,32,33,34)(H,35,36,37);;/q;2*+1/p-2. The van der Waals surface area contributed by atoms with Gasteiger partial charge in [-0.15, -0.1) is 10.2 Å². The SMILES string of the molecule is O=C(N=C1C=CC(=S(=O)(O)O)c2cc(S(=O)(=O)[O-])c(N=Nc3ccccc3[N+](=O)[O-])c([O-])c21)c1ccccc1.[Na+].[Na+]. The van der Waals surface area contributed by atoms with Crippen LogP contribution in [0.4, 0.5) is 17.1 Å². The van der Waals surface area contributed by atoms with E-state index in [1.54, 1.807) is 18.2 Å². The van der Waals surface area contributed by atoms with E-state index in [1.807, 2.05) is 0 Å². The summed E-state index contributed by atoms with van der Waals surface area (Å²) in [5.41, 5.74) is -3.65. The maximum absolute atomic E-state index is 13.5. The largest absolute Gasteiger partial charge is 1.00 e. The van der Waals surface area contributed by atoms with Crippen LogP contribution < -0.4 is 64.2 Å². The van der Waals surface area contributed by atoms with Crippen molar-refractivity contribution in [1.82, 2.24) is 0 Å². The van der Waals surface area contributed by atoms with Crippen LogP contribution in [0, 0.1) is 10.1 Å². The Morgan fingerprint density at radius 1 is 0.902 bits per heavy atom. The number of benzene rings is 3. The summed E-state index contributed by atoms with van der Waals surface area (Å²) < 4.78 is 67.9. The van der Waals surface area contributed by atoms with E-state index in [9.17, 15) is 46.3 Å². The predicted molar refractivity (Wildman–Crippen MR) is 135 cm³/mol. The minimum atomic E-state index is -5.51. The fraction of sp³-hybridized carbons (Fsp3) is 0. The molecule has 1 aliphatic rings. The molecule has 0 bridgehead atoms. The van der Waals surface area contributed by atoms with Crippen molar-refractivity contribution in [3.63, 3.8) is 0 Å². The van der Waals surface area contributed by atoms with E-state index in [0.717, 1.165) is 24.3 Å². The molecule has 0 saturated carbocycles. The number of carbonyl (C=O) groups excluding carboxylic acids is 1. The van der Waals surface area contributed by atoms with Crippen LogP contribution in [0.15, 0.2) is 92.9 Å². The Hall–Kier alpha value is -2.61. The first-order valence-corrected chi connectivity index (χ1v) is 13.4. The quantitative estimate of drug-likeness (QED) is 0.0733. The molecule has 0 atom stereocenters. The van der Waals surface area contributed by atoms with Gasteiger partial charge in [-0.05, 0) is 36.4 Å². The summed E-state index contributed by atoms with van der Waals surface area (Å²) in [6.45, 7) is 0. The number of amides is 1. The number of carbonyl (C=O) groups is 1. The number of nitro groups is 1. The third-order valence-electron chi connectivity index (χ3n) is 5.27. The third kappa shape index (κ3) is 7.62. The third-order valence-corrected chi connectivity index (χ3v) is 7.05. The zero-order valence-corrected chi connectivity index (χ0v) is 26.8. The maximum Gasteiger partial charge on any atom is 1.00 e. The van der Waals surface area contributed by atoms with E-state index in [-0.39, 0.29) is 70.4 Å². The van der Waals surface area contributed by atoms with Crippen LogP contribution in [0.1, 0.15) is 21.5 Å². The summed E-state index contributed by atoms with van der Waals surface area (Å²) in [5, 5.41) is 31.9. The normalized spacial score (nSPS) is 13.8. The van der Waals surface area contributed by atoms with Gasteiger partial charge in [0.2, 0.25) is 10.1 Å². The van der Waals surface area contributed by atoms with Gasteiger partial charge in [0.15, 0.2) is 5.69 Å². The Bertz CT molecular complexity index is 1860. The molecule has 1 amide bonds. The summed E-state index contributed by atoms with van der Waals surface area (Å²) in [6, 6.07) is 13.0. The topological polar surface area (TPSA) is 235 Å². The Morgan fingerprint density at radius 3 is 2.10 bits per heavy atom. The number of nitro benzene ring substituents is 1. The zero-order chi connectivity index (χ0) is 28.5. The summed E-state index contributed by atoms with van der Waals surface area (Å²) in [6.07, 6.45) is 1.79. The summed E-state index contributed by atoms with van der Waals surface area (Å²) in [4.78, 5) is 24.9. The molecule has 0 spiro atoms. The molecule has 18 heteroatoms. The minimum absolute atomic E-state index is 0. The van der Waals surface area contributed by atoms with E-state index >= 15 is 0 Å². The molecule has 2 N–H and O–H groups in total. The average Bonchev–Trinajstić information content (AvgIpc) is 2.87. The second kappa shape index (κ2) is 13.6. The monoisotopic (exact) mass is 616 g/mol. The van der Waals surface area contributed by atoms with E-state index in [0.29, 0.717) is 6.07 Å². The number of azo groups is 1. The van der Waals surface area contributed by atoms with Crippen molar-refractivity contribution in [1.29, 1.82) is 0 Å². The molecular weight excluding hydrogens is 602 g/mol. The van der Waals surface area contributed by atoms with Gasteiger partial charge in [0.05, 0.1) is 26.1 Å². The number of hydrogen-bond acceptors (Lipinski definition) is 10. The fourth-order valence-electron chi connectivity index (χ4n) is 3.57. The summed E-state index contributed by atoms with van der Waals surface area (Å²) in [5.74, 6) is -2.21. The molecule has 0 unspecified atom stereocenters. The molecule has 41 heavy (non-hydrogen) atoms. The minimum Gasteiger partial charge on any atom is -0.870 e. The Kier molecular flexibility index (Phi) is 11.5. The van der Waals surface area contributed by atoms with Gasteiger partial charge in [-0.25, -0.2) is 17.6 Å². The molecule has 0 saturated heterocycles. The fourth-order valence-corrected chi connectivity index (χ4v) is 4.90. The second-order valence-corrected chi connectivity index (χ2v) is 10.5. The summed E-state index contributed by atoms with van der Waals surface area (Å²) >= 11 is 0. The smallest absolute Gasteiger partial charge is 0.870 e. The molecule has 0 heterocycles.